The minimum absolute atomic E-state index is 0.114. The van der Waals surface area contributed by atoms with Gasteiger partial charge in [0.1, 0.15) is 0 Å². The largest absolute Gasteiger partial charge is 0.503 e. The number of benzene rings is 1. The molecule has 0 aliphatic heterocycles. The molecule has 0 aliphatic carbocycles. The zero-order valence-electron chi connectivity index (χ0n) is 6.53. The molecule has 0 saturated carbocycles. The molecule has 0 amide bonds. The van der Waals surface area contributed by atoms with Gasteiger partial charge < -0.3 is 5.41 Å². The molecule has 0 unspecified atom stereocenters. The van der Waals surface area contributed by atoms with Crippen LogP contribution in [-0.4, -0.2) is 14.0 Å². The topological polar surface area (TPSA) is 58.0 Å². The van der Waals surface area contributed by atoms with Gasteiger partial charge in [-0.2, -0.15) is 0 Å². The number of aryl methyl sites for hydroxylation is 1. The second-order valence-electron chi connectivity index (χ2n) is 2.42. The van der Waals surface area contributed by atoms with Crippen LogP contribution in [0.3, 0.4) is 0 Å². The Balaban J connectivity index is 3.23. The third-order valence-corrected chi connectivity index (χ3v) is 2.63. The second kappa shape index (κ2) is 3.06. The van der Waals surface area contributed by atoms with Crippen LogP contribution in [-0.2, 0) is 9.84 Å². The normalized spacial score (nSPS) is 11.1. The van der Waals surface area contributed by atoms with Crippen LogP contribution in [0, 0.1) is 12.3 Å². The summed E-state index contributed by atoms with van der Waals surface area (Å²) in [6.07, 6.45) is 0. The van der Waals surface area contributed by atoms with Crippen molar-refractivity contribution in [3.63, 3.8) is 0 Å². The zero-order valence-corrected chi connectivity index (χ0v) is 7.35. The highest BCUT2D eigenvalue weighted by atomic mass is 32.2. The molecule has 0 fully saturated rings. The first-order valence-corrected chi connectivity index (χ1v) is 4.80. The molecule has 1 aromatic carbocycles. The van der Waals surface area contributed by atoms with Crippen LogP contribution in [0.2, 0.25) is 0 Å². The lowest BCUT2D eigenvalue weighted by atomic mass is 10.2. The molecule has 0 heterocycles. The Hall–Kier alpha value is -1.16. The zero-order chi connectivity index (χ0) is 9.19. The summed E-state index contributed by atoms with van der Waals surface area (Å²) < 4.78 is 22.0. The second-order valence-corrected chi connectivity index (χ2v) is 4.10. The fourth-order valence-electron chi connectivity index (χ4n) is 0.776. The molecule has 0 radical (unpaired) electrons. The molecule has 0 saturated heterocycles. The van der Waals surface area contributed by atoms with E-state index < -0.39 is 9.84 Å². The Morgan fingerprint density at radius 2 is 1.75 bits per heavy atom. The third-order valence-electron chi connectivity index (χ3n) is 1.47. The molecule has 1 rings (SSSR count). The maximum Gasteiger partial charge on any atom is 0.0634 e. The first-order chi connectivity index (χ1) is 5.56. The van der Waals surface area contributed by atoms with Crippen molar-refractivity contribution in [2.75, 3.05) is 0 Å². The van der Waals surface area contributed by atoms with Crippen LogP contribution in [0.5, 0.6) is 0 Å². The Morgan fingerprint density at radius 3 is 2.17 bits per heavy atom. The molecule has 0 aromatic heterocycles. The molecular weight excluding hydrogens is 174 g/mol. The standard InChI is InChI=1S/C8H8NO2S/c1-7-2-4-8(5-3-7)12(10,11)6-9/h2-5,9H,1H3/q-1. The Kier molecular flexibility index (Phi) is 2.28. The van der Waals surface area contributed by atoms with E-state index in [9.17, 15) is 8.42 Å². The Morgan fingerprint density at radius 1 is 1.25 bits per heavy atom. The van der Waals surface area contributed by atoms with E-state index in [1.54, 1.807) is 12.1 Å². The highest BCUT2D eigenvalue weighted by Crippen LogP contribution is 2.09. The quantitative estimate of drug-likeness (QED) is 0.425. The van der Waals surface area contributed by atoms with Gasteiger partial charge in [0.15, 0.2) is 0 Å². The first-order valence-electron chi connectivity index (χ1n) is 3.31. The summed E-state index contributed by atoms with van der Waals surface area (Å²) in [5, 5.41) is 6.56. The SMILES string of the molecule is Cc1ccc(S(=O)(=O)[C-]=N)cc1. The highest BCUT2D eigenvalue weighted by Gasteiger charge is 1.98. The molecule has 12 heavy (non-hydrogen) atoms. The van der Waals surface area contributed by atoms with Gasteiger partial charge in [-0.15, -0.1) is 0 Å². The van der Waals surface area contributed by atoms with Gasteiger partial charge in [-0.05, 0) is 19.1 Å². The minimum atomic E-state index is -3.60. The molecule has 0 bridgehead atoms. The Bertz CT molecular complexity index is 378. The van der Waals surface area contributed by atoms with E-state index in [-0.39, 0.29) is 4.90 Å². The predicted molar refractivity (Wildman–Crippen MR) is 46.1 cm³/mol. The van der Waals surface area contributed by atoms with Crippen LogP contribution in [0.4, 0.5) is 0 Å². The molecular formula is C8H8NO2S-. The molecule has 3 nitrogen and oxygen atoms in total. The fourth-order valence-corrected chi connectivity index (χ4v) is 1.39. The van der Waals surface area contributed by atoms with Crippen molar-refractivity contribution in [3.8, 4) is 0 Å². The summed E-state index contributed by atoms with van der Waals surface area (Å²) in [6.45, 7) is 1.87. The fraction of sp³-hybridized carbons (Fsp3) is 0.125. The van der Waals surface area contributed by atoms with Gasteiger partial charge in [-0.1, -0.05) is 17.7 Å². The van der Waals surface area contributed by atoms with Crippen molar-refractivity contribution in [3.05, 3.63) is 29.8 Å². The summed E-state index contributed by atoms with van der Waals surface area (Å²) in [4.78, 5) is 0.114. The average molecular weight is 182 g/mol. The van der Waals surface area contributed by atoms with Crippen molar-refractivity contribution in [2.24, 2.45) is 0 Å². The number of hydrogen-bond donors (Lipinski definition) is 1. The van der Waals surface area contributed by atoms with E-state index in [2.05, 4.69) is 0 Å². The van der Waals surface area contributed by atoms with Crippen molar-refractivity contribution >= 4 is 15.4 Å². The maximum atomic E-state index is 11.0. The molecule has 1 aromatic rings. The molecule has 0 spiro atoms. The summed E-state index contributed by atoms with van der Waals surface area (Å²) in [5.41, 5.74) is 2.48. The summed E-state index contributed by atoms with van der Waals surface area (Å²) in [5.74, 6) is 0. The van der Waals surface area contributed by atoms with Gasteiger partial charge in [0.25, 0.3) is 0 Å². The van der Waals surface area contributed by atoms with Gasteiger partial charge in [0, 0.05) is 4.90 Å². The molecule has 64 valence electrons. The summed E-state index contributed by atoms with van der Waals surface area (Å²) in [7, 11) is -3.60. The lowest BCUT2D eigenvalue weighted by Gasteiger charge is -2.05. The van der Waals surface area contributed by atoms with Crippen molar-refractivity contribution < 1.29 is 8.42 Å². The van der Waals surface area contributed by atoms with E-state index in [1.807, 2.05) is 6.92 Å². The van der Waals surface area contributed by atoms with E-state index in [1.165, 1.54) is 17.7 Å². The average Bonchev–Trinajstić information content (AvgIpc) is 2.05. The van der Waals surface area contributed by atoms with Gasteiger partial charge >= 0.3 is 0 Å². The lowest BCUT2D eigenvalue weighted by molar-refractivity contribution is 0.608. The van der Waals surface area contributed by atoms with Crippen LogP contribution in [0.15, 0.2) is 29.2 Å². The molecule has 4 heteroatoms. The van der Waals surface area contributed by atoms with E-state index in [0.717, 1.165) is 5.56 Å². The van der Waals surface area contributed by atoms with E-state index in [4.69, 9.17) is 5.41 Å². The summed E-state index contributed by atoms with van der Waals surface area (Å²) in [6, 6.07) is 6.30. The van der Waals surface area contributed by atoms with Gasteiger partial charge in [0.05, 0.1) is 9.84 Å². The number of hydrogen-bond acceptors (Lipinski definition) is 3. The predicted octanol–water partition coefficient (Wildman–Crippen LogP) is 1.25. The van der Waals surface area contributed by atoms with E-state index in [0.29, 0.717) is 0 Å². The van der Waals surface area contributed by atoms with E-state index >= 15 is 0 Å². The first kappa shape index (κ1) is 8.93. The van der Waals surface area contributed by atoms with Crippen LogP contribution in [0.25, 0.3) is 0 Å². The highest BCUT2D eigenvalue weighted by molar-refractivity contribution is 8.04. The summed E-state index contributed by atoms with van der Waals surface area (Å²) >= 11 is 0. The number of sulfone groups is 1. The van der Waals surface area contributed by atoms with Crippen molar-refractivity contribution in [1.29, 1.82) is 5.41 Å². The van der Waals surface area contributed by atoms with Gasteiger partial charge in [-0.3, -0.25) is 14.0 Å². The van der Waals surface area contributed by atoms with Gasteiger partial charge in [0.2, 0.25) is 0 Å². The van der Waals surface area contributed by atoms with Crippen molar-refractivity contribution in [2.45, 2.75) is 11.8 Å². The van der Waals surface area contributed by atoms with Crippen molar-refractivity contribution in [1.82, 2.24) is 0 Å². The number of nitrogens with one attached hydrogen (secondary N) is 1. The third kappa shape index (κ3) is 1.71. The van der Waals surface area contributed by atoms with Gasteiger partial charge in [-0.25, -0.2) is 0 Å². The lowest BCUT2D eigenvalue weighted by Crippen LogP contribution is -2.00. The number of rotatable bonds is 2. The Labute approximate surface area is 71.5 Å². The molecule has 0 aliphatic rings. The molecule has 1 N–H and O–H groups in total. The minimum Gasteiger partial charge on any atom is -0.503 e. The molecule has 0 atom stereocenters. The van der Waals surface area contributed by atoms with Crippen LogP contribution < -0.4 is 0 Å². The monoisotopic (exact) mass is 182 g/mol. The smallest absolute Gasteiger partial charge is 0.0634 e. The maximum absolute atomic E-state index is 11.0. The van der Waals surface area contributed by atoms with Crippen LogP contribution in [0.1, 0.15) is 5.56 Å². The van der Waals surface area contributed by atoms with Crippen LogP contribution >= 0.6 is 0 Å².